The van der Waals surface area contributed by atoms with E-state index in [0.717, 1.165) is 18.2 Å². The van der Waals surface area contributed by atoms with Gasteiger partial charge in [0.05, 0.1) is 4.47 Å². The summed E-state index contributed by atoms with van der Waals surface area (Å²) in [5.41, 5.74) is 0.612. The number of carbonyl (C=O) groups is 2. The first kappa shape index (κ1) is 23.6. The first-order valence-electron chi connectivity index (χ1n) is 9.29. The third-order valence-electron chi connectivity index (χ3n) is 4.82. The van der Waals surface area contributed by atoms with E-state index in [0.29, 0.717) is 16.5 Å². The highest BCUT2D eigenvalue weighted by Crippen LogP contribution is 2.35. The Kier molecular flexibility index (Phi) is 6.49. The van der Waals surface area contributed by atoms with Crippen LogP contribution >= 0.6 is 15.9 Å². The molecule has 0 saturated heterocycles. The standard InChI is InChI=1S/C21H17BrF4N2O4/c1-3-28-15-6-10(2)17(32-20(30)31)9-12(15)8-16(28)19(29)27-18(21(24,25)26)11-4-5-14(23)13(22)7-11/h4-9,18H,3H2,1-2H3,(H,27,29)(H,30,31). The summed E-state index contributed by atoms with van der Waals surface area (Å²) in [5, 5.41) is 11.3. The number of hydrogen-bond acceptors (Lipinski definition) is 3. The number of nitrogens with zero attached hydrogens (tertiary/aromatic N) is 1. The van der Waals surface area contributed by atoms with E-state index in [2.05, 4.69) is 15.9 Å². The van der Waals surface area contributed by atoms with Crippen molar-refractivity contribution in [3.63, 3.8) is 0 Å². The Labute approximate surface area is 187 Å². The fourth-order valence-electron chi connectivity index (χ4n) is 3.38. The number of nitrogens with one attached hydrogen (secondary N) is 1. The lowest BCUT2D eigenvalue weighted by atomic mass is 10.1. The van der Waals surface area contributed by atoms with Gasteiger partial charge in [0, 0.05) is 17.4 Å². The van der Waals surface area contributed by atoms with Crippen LogP contribution in [0.2, 0.25) is 0 Å². The zero-order valence-corrected chi connectivity index (χ0v) is 18.3. The number of aryl methyl sites for hydroxylation is 2. The zero-order chi connectivity index (χ0) is 23.8. The van der Waals surface area contributed by atoms with Gasteiger partial charge in [0.25, 0.3) is 5.91 Å². The lowest BCUT2D eigenvalue weighted by molar-refractivity contribution is -0.155. The Morgan fingerprint density at radius 2 is 1.91 bits per heavy atom. The van der Waals surface area contributed by atoms with Gasteiger partial charge in [-0.15, -0.1) is 0 Å². The number of halogens is 5. The van der Waals surface area contributed by atoms with Crippen molar-refractivity contribution in [3.8, 4) is 5.75 Å². The van der Waals surface area contributed by atoms with E-state index < -0.39 is 30.1 Å². The summed E-state index contributed by atoms with van der Waals surface area (Å²) >= 11 is 2.86. The van der Waals surface area contributed by atoms with E-state index in [-0.39, 0.29) is 28.0 Å². The second-order valence-electron chi connectivity index (χ2n) is 6.94. The van der Waals surface area contributed by atoms with Gasteiger partial charge in [-0.2, -0.15) is 13.2 Å². The first-order chi connectivity index (χ1) is 14.9. The molecule has 1 unspecified atom stereocenters. The smallest absolute Gasteiger partial charge is 0.449 e. The van der Waals surface area contributed by atoms with Crippen molar-refractivity contribution in [2.75, 3.05) is 0 Å². The molecule has 3 aromatic rings. The van der Waals surface area contributed by atoms with Gasteiger partial charge in [-0.25, -0.2) is 9.18 Å². The summed E-state index contributed by atoms with van der Waals surface area (Å²) in [4.78, 5) is 23.7. The number of amides is 1. The van der Waals surface area contributed by atoms with Crippen LogP contribution in [-0.4, -0.2) is 27.9 Å². The second-order valence-corrected chi connectivity index (χ2v) is 7.79. The van der Waals surface area contributed by atoms with Gasteiger partial charge in [-0.3, -0.25) is 4.79 Å². The molecule has 2 aromatic carbocycles. The normalized spacial score (nSPS) is 12.6. The minimum Gasteiger partial charge on any atom is -0.449 e. The summed E-state index contributed by atoms with van der Waals surface area (Å²) in [6, 6.07) is 4.76. The number of aromatic nitrogens is 1. The summed E-state index contributed by atoms with van der Waals surface area (Å²) in [5.74, 6) is -1.68. The summed E-state index contributed by atoms with van der Waals surface area (Å²) < 4.78 is 60.7. The average molecular weight is 517 g/mol. The zero-order valence-electron chi connectivity index (χ0n) is 16.8. The molecule has 170 valence electrons. The number of carboxylic acid groups (broad SMARTS) is 1. The molecule has 0 radical (unpaired) electrons. The van der Waals surface area contributed by atoms with E-state index in [1.54, 1.807) is 19.9 Å². The molecule has 0 aliphatic heterocycles. The van der Waals surface area contributed by atoms with Gasteiger partial charge in [0.2, 0.25) is 0 Å². The molecule has 0 spiro atoms. The molecule has 2 N–H and O–H groups in total. The maximum atomic E-state index is 13.7. The Balaban J connectivity index is 2.03. The van der Waals surface area contributed by atoms with Crippen LogP contribution in [-0.2, 0) is 6.54 Å². The van der Waals surface area contributed by atoms with Gasteiger partial charge < -0.3 is 19.7 Å². The fraction of sp³-hybridized carbons (Fsp3) is 0.238. The van der Waals surface area contributed by atoms with Crippen LogP contribution in [0.15, 0.2) is 40.9 Å². The maximum absolute atomic E-state index is 13.7. The van der Waals surface area contributed by atoms with Crippen molar-refractivity contribution in [2.24, 2.45) is 0 Å². The minimum atomic E-state index is -4.84. The summed E-state index contributed by atoms with van der Waals surface area (Å²) in [6.45, 7) is 3.59. The highest BCUT2D eigenvalue weighted by atomic mass is 79.9. The highest BCUT2D eigenvalue weighted by molar-refractivity contribution is 9.10. The Morgan fingerprint density at radius 1 is 1.22 bits per heavy atom. The number of alkyl halides is 3. The second kappa shape index (κ2) is 8.81. The first-order valence-corrected chi connectivity index (χ1v) is 10.1. The molecule has 0 fully saturated rings. The van der Waals surface area contributed by atoms with Crippen LogP contribution in [0.4, 0.5) is 22.4 Å². The number of fused-ring (bicyclic) bond motifs is 1. The quantitative estimate of drug-likeness (QED) is 0.249. The Hall–Kier alpha value is -3.08. The monoisotopic (exact) mass is 516 g/mol. The van der Waals surface area contributed by atoms with Gasteiger partial charge in [0.1, 0.15) is 17.3 Å². The predicted octanol–water partition coefficient (Wildman–Crippen LogP) is 5.96. The van der Waals surface area contributed by atoms with E-state index >= 15 is 0 Å². The minimum absolute atomic E-state index is 0.0505. The van der Waals surface area contributed by atoms with Crippen molar-refractivity contribution in [3.05, 3.63) is 63.5 Å². The molecule has 1 aromatic heterocycles. The molecule has 0 saturated carbocycles. The highest BCUT2D eigenvalue weighted by Gasteiger charge is 2.42. The Morgan fingerprint density at radius 3 is 2.47 bits per heavy atom. The molecule has 11 heteroatoms. The van der Waals surface area contributed by atoms with E-state index in [4.69, 9.17) is 9.84 Å². The number of hydrogen-bond donors (Lipinski definition) is 2. The molecule has 3 rings (SSSR count). The molecule has 1 amide bonds. The number of ether oxygens (including phenoxy) is 1. The molecule has 6 nitrogen and oxygen atoms in total. The topological polar surface area (TPSA) is 80.6 Å². The third kappa shape index (κ3) is 4.72. The van der Waals surface area contributed by atoms with Crippen LogP contribution in [0.3, 0.4) is 0 Å². The van der Waals surface area contributed by atoms with Gasteiger partial charge in [0.15, 0.2) is 6.04 Å². The van der Waals surface area contributed by atoms with Crippen molar-refractivity contribution in [1.82, 2.24) is 9.88 Å². The van der Waals surface area contributed by atoms with Crippen LogP contribution in [0.5, 0.6) is 5.75 Å². The molecule has 32 heavy (non-hydrogen) atoms. The molecule has 0 bridgehead atoms. The summed E-state index contributed by atoms with van der Waals surface area (Å²) in [6.07, 6.45) is -6.35. The van der Waals surface area contributed by atoms with Crippen molar-refractivity contribution >= 4 is 38.9 Å². The average Bonchev–Trinajstić information content (AvgIpc) is 3.04. The lowest BCUT2D eigenvalue weighted by Crippen LogP contribution is -2.38. The maximum Gasteiger partial charge on any atom is 0.511 e. The lowest BCUT2D eigenvalue weighted by Gasteiger charge is -2.22. The molecule has 1 atom stereocenters. The fourth-order valence-corrected chi connectivity index (χ4v) is 3.77. The van der Waals surface area contributed by atoms with Crippen LogP contribution in [0, 0.1) is 12.7 Å². The van der Waals surface area contributed by atoms with Crippen molar-refractivity contribution in [2.45, 2.75) is 32.6 Å². The largest absolute Gasteiger partial charge is 0.511 e. The molecule has 1 heterocycles. The number of benzene rings is 2. The van der Waals surface area contributed by atoms with Gasteiger partial charge in [-0.1, -0.05) is 6.07 Å². The van der Waals surface area contributed by atoms with Crippen LogP contribution in [0.1, 0.15) is 34.6 Å². The molecular weight excluding hydrogens is 500 g/mol. The summed E-state index contributed by atoms with van der Waals surface area (Å²) in [7, 11) is 0. The Bertz CT molecular complexity index is 1210. The van der Waals surface area contributed by atoms with Crippen molar-refractivity contribution in [1.29, 1.82) is 0 Å². The molecular formula is C21H17BrF4N2O4. The van der Waals surface area contributed by atoms with Crippen molar-refractivity contribution < 1.29 is 37.0 Å². The van der Waals surface area contributed by atoms with E-state index in [1.165, 1.54) is 16.7 Å². The van der Waals surface area contributed by atoms with Gasteiger partial charge >= 0.3 is 12.3 Å². The third-order valence-corrected chi connectivity index (χ3v) is 5.43. The molecule has 0 aliphatic carbocycles. The SMILES string of the molecule is CCn1c(C(=O)NC(c2ccc(F)c(Br)c2)C(F)(F)F)cc2cc(OC(=O)O)c(C)cc21. The number of rotatable bonds is 5. The predicted molar refractivity (Wildman–Crippen MR) is 111 cm³/mol. The van der Waals surface area contributed by atoms with E-state index in [9.17, 15) is 27.2 Å². The van der Waals surface area contributed by atoms with Gasteiger partial charge in [-0.05, 0) is 71.2 Å². The van der Waals surface area contributed by atoms with E-state index in [1.807, 2.05) is 5.32 Å². The number of carbonyl (C=O) groups excluding carboxylic acids is 1. The van der Waals surface area contributed by atoms with Crippen LogP contribution in [0.25, 0.3) is 10.9 Å². The molecule has 0 aliphatic rings. The van der Waals surface area contributed by atoms with Crippen LogP contribution < -0.4 is 10.1 Å².